The van der Waals surface area contributed by atoms with E-state index >= 15 is 0 Å². The van der Waals surface area contributed by atoms with E-state index in [1.165, 1.54) is 12.0 Å². The Morgan fingerprint density at radius 3 is 2.52 bits per heavy atom. The third-order valence-corrected chi connectivity index (χ3v) is 4.56. The lowest BCUT2D eigenvalue weighted by Crippen LogP contribution is -2.45. The van der Waals surface area contributed by atoms with Crippen molar-refractivity contribution in [2.24, 2.45) is 0 Å². The number of carbonyl (C=O) groups excluding carboxylic acids is 2. The van der Waals surface area contributed by atoms with Crippen LogP contribution < -0.4 is 0 Å². The summed E-state index contributed by atoms with van der Waals surface area (Å²) in [5.41, 5.74) is 1.67. The number of hydrogen-bond donors (Lipinski definition) is 0. The number of amides is 1. The topological polar surface area (TPSA) is 46.6 Å². The van der Waals surface area contributed by atoms with E-state index in [1.54, 1.807) is 12.1 Å². The smallest absolute Gasteiger partial charge is 0.338 e. The zero-order chi connectivity index (χ0) is 16.8. The van der Waals surface area contributed by atoms with Gasteiger partial charge in [-0.15, -0.1) is 0 Å². The summed E-state index contributed by atoms with van der Waals surface area (Å²) in [5, 5.41) is 0. The lowest BCUT2D eigenvalue weighted by Gasteiger charge is -2.35. The van der Waals surface area contributed by atoms with Crippen molar-refractivity contribution in [3.63, 3.8) is 0 Å². The molecule has 23 heavy (non-hydrogen) atoms. The lowest BCUT2D eigenvalue weighted by molar-refractivity contribution is -0.138. The molecule has 4 heteroatoms. The Hall–Kier alpha value is -1.84. The molecular weight excluding hydrogens is 290 g/mol. The van der Waals surface area contributed by atoms with Crippen LogP contribution in [0.5, 0.6) is 0 Å². The summed E-state index contributed by atoms with van der Waals surface area (Å²) in [5.74, 6) is -0.0888. The van der Waals surface area contributed by atoms with E-state index in [-0.39, 0.29) is 12.5 Å². The predicted octanol–water partition coefficient (Wildman–Crippen LogP) is 3.76. The molecule has 1 heterocycles. The molecule has 1 atom stereocenters. The normalized spacial score (nSPS) is 18.1. The molecule has 1 aromatic rings. The highest BCUT2D eigenvalue weighted by atomic mass is 16.5. The van der Waals surface area contributed by atoms with Crippen LogP contribution in [-0.4, -0.2) is 36.0 Å². The van der Waals surface area contributed by atoms with E-state index in [1.807, 2.05) is 17.0 Å². The maximum absolute atomic E-state index is 12.3. The summed E-state index contributed by atoms with van der Waals surface area (Å²) in [7, 11) is 0. The van der Waals surface area contributed by atoms with Crippen molar-refractivity contribution in [2.75, 3.05) is 13.2 Å². The third kappa shape index (κ3) is 4.57. The maximum Gasteiger partial charge on any atom is 0.338 e. The van der Waals surface area contributed by atoms with Crippen LogP contribution in [0.3, 0.4) is 0 Å². The van der Waals surface area contributed by atoms with Gasteiger partial charge in [0.05, 0.1) is 5.56 Å². The van der Waals surface area contributed by atoms with Crippen molar-refractivity contribution in [1.82, 2.24) is 4.90 Å². The second kappa shape index (κ2) is 8.14. The number of nitrogens with zero attached hydrogens (tertiary/aromatic N) is 1. The Balaban J connectivity index is 1.89. The van der Waals surface area contributed by atoms with Gasteiger partial charge in [0.2, 0.25) is 0 Å². The van der Waals surface area contributed by atoms with E-state index in [2.05, 4.69) is 20.8 Å². The first kappa shape index (κ1) is 17.5. The standard InChI is InChI=1S/C19H27NO3/c1-4-17-7-5-6-12-20(17)18(21)13-23-19(22)16-10-8-15(9-11-16)14(2)3/h8-11,14,17H,4-7,12-13H2,1-3H3. The molecule has 0 N–H and O–H groups in total. The van der Waals surface area contributed by atoms with Crippen molar-refractivity contribution in [1.29, 1.82) is 0 Å². The average Bonchev–Trinajstić information content (AvgIpc) is 2.59. The van der Waals surface area contributed by atoms with E-state index in [0.717, 1.165) is 25.8 Å². The predicted molar refractivity (Wildman–Crippen MR) is 90.5 cm³/mol. The van der Waals surface area contributed by atoms with Crippen molar-refractivity contribution >= 4 is 11.9 Å². The van der Waals surface area contributed by atoms with Crippen molar-refractivity contribution in [3.05, 3.63) is 35.4 Å². The second-order valence-electron chi connectivity index (χ2n) is 6.50. The van der Waals surface area contributed by atoms with Crippen LogP contribution in [0.4, 0.5) is 0 Å². The molecule has 0 radical (unpaired) electrons. The van der Waals surface area contributed by atoms with Crippen LogP contribution >= 0.6 is 0 Å². The van der Waals surface area contributed by atoms with Gasteiger partial charge in [-0.25, -0.2) is 4.79 Å². The number of piperidine rings is 1. The van der Waals surface area contributed by atoms with E-state index in [0.29, 0.717) is 17.5 Å². The summed E-state index contributed by atoms with van der Waals surface area (Å²) in [4.78, 5) is 26.2. The van der Waals surface area contributed by atoms with Gasteiger partial charge in [0, 0.05) is 12.6 Å². The zero-order valence-electron chi connectivity index (χ0n) is 14.4. The highest BCUT2D eigenvalue weighted by Crippen LogP contribution is 2.20. The number of carbonyl (C=O) groups is 2. The molecule has 2 rings (SSSR count). The van der Waals surface area contributed by atoms with Gasteiger partial charge in [0.1, 0.15) is 0 Å². The highest BCUT2D eigenvalue weighted by molar-refractivity contribution is 5.91. The maximum atomic E-state index is 12.3. The van der Waals surface area contributed by atoms with Crippen LogP contribution in [0.2, 0.25) is 0 Å². The summed E-state index contributed by atoms with van der Waals surface area (Å²) in [6.07, 6.45) is 4.21. The molecule has 0 bridgehead atoms. The second-order valence-corrected chi connectivity index (χ2v) is 6.50. The summed E-state index contributed by atoms with van der Waals surface area (Å²) < 4.78 is 5.21. The molecule has 0 saturated carbocycles. The zero-order valence-corrected chi connectivity index (χ0v) is 14.4. The molecule has 1 aromatic carbocycles. The van der Waals surface area contributed by atoms with Crippen molar-refractivity contribution in [3.8, 4) is 0 Å². The number of likely N-dealkylation sites (tertiary alicyclic amines) is 1. The van der Waals surface area contributed by atoms with Crippen LogP contribution in [0, 0.1) is 0 Å². The Kier molecular flexibility index (Phi) is 6.20. The van der Waals surface area contributed by atoms with E-state index in [4.69, 9.17) is 4.74 Å². The molecule has 1 aliphatic heterocycles. The monoisotopic (exact) mass is 317 g/mol. The number of esters is 1. The van der Waals surface area contributed by atoms with Gasteiger partial charge >= 0.3 is 5.97 Å². The molecule has 0 aliphatic carbocycles. The minimum atomic E-state index is -0.432. The first-order chi connectivity index (χ1) is 11.0. The Labute approximate surface area is 138 Å². The fourth-order valence-electron chi connectivity index (χ4n) is 3.05. The van der Waals surface area contributed by atoms with Crippen LogP contribution in [0.15, 0.2) is 24.3 Å². The Morgan fingerprint density at radius 1 is 1.22 bits per heavy atom. The summed E-state index contributed by atoms with van der Waals surface area (Å²) in [6.45, 7) is 6.92. The molecule has 1 fully saturated rings. The average molecular weight is 317 g/mol. The number of ether oxygens (including phenoxy) is 1. The molecule has 4 nitrogen and oxygen atoms in total. The minimum absolute atomic E-state index is 0.0799. The van der Waals surface area contributed by atoms with Gasteiger partial charge in [0.25, 0.3) is 5.91 Å². The van der Waals surface area contributed by atoms with Crippen molar-refractivity contribution < 1.29 is 14.3 Å². The first-order valence-electron chi connectivity index (χ1n) is 8.59. The fourth-order valence-corrected chi connectivity index (χ4v) is 3.05. The summed E-state index contributed by atoms with van der Waals surface area (Å²) in [6, 6.07) is 7.68. The van der Waals surface area contributed by atoms with Gasteiger partial charge < -0.3 is 9.64 Å². The minimum Gasteiger partial charge on any atom is -0.452 e. The summed E-state index contributed by atoms with van der Waals surface area (Å²) >= 11 is 0. The van der Waals surface area contributed by atoms with Gasteiger partial charge in [-0.2, -0.15) is 0 Å². The molecule has 126 valence electrons. The Bertz CT molecular complexity index is 536. The quantitative estimate of drug-likeness (QED) is 0.777. The van der Waals surface area contributed by atoms with Crippen LogP contribution in [0.25, 0.3) is 0 Å². The number of benzene rings is 1. The molecule has 1 unspecified atom stereocenters. The van der Waals surface area contributed by atoms with Gasteiger partial charge in [-0.1, -0.05) is 32.9 Å². The van der Waals surface area contributed by atoms with Gasteiger partial charge in [-0.05, 0) is 49.3 Å². The van der Waals surface area contributed by atoms with E-state index in [9.17, 15) is 9.59 Å². The van der Waals surface area contributed by atoms with Crippen molar-refractivity contribution in [2.45, 2.75) is 58.4 Å². The molecule has 1 amide bonds. The molecule has 1 saturated heterocycles. The van der Waals surface area contributed by atoms with Crippen LogP contribution in [-0.2, 0) is 9.53 Å². The third-order valence-electron chi connectivity index (χ3n) is 4.56. The SMILES string of the molecule is CCC1CCCCN1C(=O)COC(=O)c1ccc(C(C)C)cc1. The number of rotatable bonds is 5. The largest absolute Gasteiger partial charge is 0.452 e. The van der Waals surface area contributed by atoms with E-state index < -0.39 is 5.97 Å². The first-order valence-corrected chi connectivity index (χ1v) is 8.59. The Morgan fingerprint density at radius 2 is 1.91 bits per heavy atom. The molecule has 0 aromatic heterocycles. The van der Waals surface area contributed by atoms with Gasteiger partial charge in [0.15, 0.2) is 6.61 Å². The highest BCUT2D eigenvalue weighted by Gasteiger charge is 2.26. The van der Waals surface area contributed by atoms with Gasteiger partial charge in [-0.3, -0.25) is 4.79 Å². The van der Waals surface area contributed by atoms with Crippen LogP contribution in [0.1, 0.15) is 68.3 Å². The molecular formula is C19H27NO3. The molecule has 0 spiro atoms. The molecule has 1 aliphatic rings. The lowest BCUT2D eigenvalue weighted by atomic mass is 10.00. The number of hydrogen-bond acceptors (Lipinski definition) is 3. The fraction of sp³-hybridized carbons (Fsp3) is 0.579.